The van der Waals surface area contributed by atoms with Crippen molar-refractivity contribution in [3.63, 3.8) is 0 Å². The summed E-state index contributed by atoms with van der Waals surface area (Å²) in [5.41, 5.74) is 2.28. The second-order valence-corrected chi connectivity index (χ2v) is 5.38. The van der Waals surface area contributed by atoms with Gasteiger partial charge >= 0.3 is 0 Å². The zero-order chi connectivity index (χ0) is 16.7. The van der Waals surface area contributed by atoms with Crippen molar-refractivity contribution in [1.82, 2.24) is 5.32 Å². The molecule has 0 saturated carbocycles. The van der Waals surface area contributed by atoms with Gasteiger partial charge < -0.3 is 15.0 Å². The third kappa shape index (κ3) is 5.29. The highest BCUT2D eigenvalue weighted by Gasteiger charge is 2.06. The Labute approximate surface area is 135 Å². The maximum absolute atomic E-state index is 13.3. The first kappa shape index (κ1) is 16.8. The van der Waals surface area contributed by atoms with Crippen LogP contribution >= 0.6 is 0 Å². The molecule has 0 saturated heterocycles. The van der Waals surface area contributed by atoms with Crippen LogP contribution in [0.1, 0.15) is 5.56 Å². The Kier molecular flexibility index (Phi) is 5.97. The summed E-state index contributed by atoms with van der Waals surface area (Å²) in [4.78, 5) is 13.7. The van der Waals surface area contributed by atoms with E-state index in [1.165, 1.54) is 12.1 Å². The molecular formula is C18H21FN2O2. The number of halogens is 1. The molecule has 23 heavy (non-hydrogen) atoms. The van der Waals surface area contributed by atoms with Gasteiger partial charge in [0.05, 0.1) is 0 Å². The summed E-state index contributed by atoms with van der Waals surface area (Å²) in [5.74, 6) is -0.652. The third-order valence-corrected chi connectivity index (χ3v) is 3.38. The van der Waals surface area contributed by atoms with E-state index in [1.54, 1.807) is 12.1 Å². The van der Waals surface area contributed by atoms with Crippen LogP contribution in [0, 0.1) is 5.82 Å². The fourth-order valence-electron chi connectivity index (χ4n) is 2.06. The van der Waals surface area contributed by atoms with E-state index in [0.29, 0.717) is 6.54 Å². The van der Waals surface area contributed by atoms with Crippen LogP contribution in [0.15, 0.2) is 48.5 Å². The van der Waals surface area contributed by atoms with E-state index in [9.17, 15) is 9.18 Å². The Balaban J connectivity index is 1.71. The number of nitrogens with one attached hydrogen (secondary N) is 1. The normalized spacial score (nSPS) is 10.2. The van der Waals surface area contributed by atoms with E-state index >= 15 is 0 Å². The van der Waals surface area contributed by atoms with Gasteiger partial charge in [-0.15, -0.1) is 0 Å². The van der Waals surface area contributed by atoms with Gasteiger partial charge in [-0.2, -0.15) is 0 Å². The predicted octanol–water partition coefficient (Wildman–Crippen LogP) is 2.63. The smallest absolute Gasteiger partial charge is 0.257 e. The van der Waals surface area contributed by atoms with Crippen molar-refractivity contribution in [2.75, 3.05) is 32.1 Å². The molecule has 4 nitrogen and oxygen atoms in total. The summed E-state index contributed by atoms with van der Waals surface area (Å²) in [7, 11) is 3.98. The number of anilines is 1. The molecule has 0 aromatic heterocycles. The molecule has 0 fully saturated rings. The number of benzene rings is 2. The number of amides is 1. The summed E-state index contributed by atoms with van der Waals surface area (Å²) in [6.45, 7) is 0.321. The van der Waals surface area contributed by atoms with Crippen molar-refractivity contribution >= 4 is 11.6 Å². The molecule has 0 aliphatic heterocycles. The molecule has 0 heterocycles. The van der Waals surface area contributed by atoms with Crippen LogP contribution in [0.2, 0.25) is 0 Å². The van der Waals surface area contributed by atoms with Gasteiger partial charge in [0.25, 0.3) is 5.91 Å². The summed E-state index contributed by atoms with van der Waals surface area (Å²) < 4.78 is 18.5. The number of carbonyl (C=O) groups excluding carboxylic acids is 1. The number of hydrogen-bond acceptors (Lipinski definition) is 3. The monoisotopic (exact) mass is 316 g/mol. The highest BCUT2D eigenvalue weighted by Crippen LogP contribution is 2.15. The number of hydrogen-bond donors (Lipinski definition) is 1. The van der Waals surface area contributed by atoms with Gasteiger partial charge in [0.15, 0.2) is 18.2 Å². The molecule has 2 aromatic rings. The first-order valence-corrected chi connectivity index (χ1v) is 7.46. The molecular weight excluding hydrogens is 295 g/mol. The molecule has 0 spiro atoms. The standard InChI is InChI=1S/C18H21FN2O2/c1-21(2)15-9-7-14(8-10-15)11-12-20-18(22)13-23-17-6-4-3-5-16(17)19/h3-10H,11-13H2,1-2H3,(H,20,22). The Hall–Kier alpha value is -2.56. The number of ether oxygens (including phenoxy) is 1. The summed E-state index contributed by atoms with van der Waals surface area (Å²) in [6.07, 6.45) is 0.735. The molecule has 1 N–H and O–H groups in total. The molecule has 2 rings (SSSR count). The SMILES string of the molecule is CN(C)c1ccc(CCNC(=O)COc2ccccc2F)cc1. The summed E-state index contributed by atoms with van der Waals surface area (Å²) in [6, 6.07) is 14.2. The molecule has 122 valence electrons. The Morgan fingerprint density at radius 3 is 2.48 bits per heavy atom. The van der Waals surface area contributed by atoms with Crippen LogP contribution in [-0.4, -0.2) is 33.2 Å². The molecule has 2 aromatic carbocycles. The van der Waals surface area contributed by atoms with Crippen LogP contribution in [0.4, 0.5) is 10.1 Å². The zero-order valence-corrected chi connectivity index (χ0v) is 13.4. The van der Waals surface area contributed by atoms with Gasteiger partial charge in [0.2, 0.25) is 0 Å². The molecule has 0 bridgehead atoms. The first-order chi connectivity index (χ1) is 11.1. The lowest BCUT2D eigenvalue weighted by Crippen LogP contribution is -2.30. The van der Waals surface area contributed by atoms with E-state index < -0.39 is 5.82 Å². The average molecular weight is 316 g/mol. The maximum atomic E-state index is 13.3. The van der Waals surface area contributed by atoms with Crippen LogP contribution in [0.3, 0.4) is 0 Å². The van der Waals surface area contributed by atoms with Crippen LogP contribution in [-0.2, 0) is 11.2 Å². The van der Waals surface area contributed by atoms with Crippen LogP contribution in [0.25, 0.3) is 0 Å². The Morgan fingerprint density at radius 1 is 1.13 bits per heavy atom. The third-order valence-electron chi connectivity index (χ3n) is 3.38. The second kappa shape index (κ2) is 8.17. The predicted molar refractivity (Wildman–Crippen MR) is 89.4 cm³/mol. The van der Waals surface area contributed by atoms with Gasteiger partial charge in [0, 0.05) is 26.3 Å². The van der Waals surface area contributed by atoms with E-state index in [2.05, 4.69) is 5.32 Å². The van der Waals surface area contributed by atoms with Crippen molar-refractivity contribution < 1.29 is 13.9 Å². The largest absolute Gasteiger partial charge is 0.481 e. The fraction of sp³-hybridized carbons (Fsp3) is 0.278. The minimum absolute atomic E-state index is 0.0851. The number of nitrogens with zero attached hydrogens (tertiary/aromatic N) is 1. The lowest BCUT2D eigenvalue weighted by molar-refractivity contribution is -0.123. The number of rotatable bonds is 7. The molecule has 0 aliphatic rings. The van der Waals surface area contributed by atoms with Crippen molar-refractivity contribution in [1.29, 1.82) is 0 Å². The van der Waals surface area contributed by atoms with Gasteiger partial charge in [0.1, 0.15) is 0 Å². The molecule has 0 radical (unpaired) electrons. The van der Waals surface area contributed by atoms with E-state index in [-0.39, 0.29) is 18.3 Å². The second-order valence-electron chi connectivity index (χ2n) is 5.38. The number of para-hydroxylation sites is 1. The maximum Gasteiger partial charge on any atom is 0.257 e. The van der Waals surface area contributed by atoms with Crippen LogP contribution in [0.5, 0.6) is 5.75 Å². The van der Waals surface area contributed by atoms with Gasteiger partial charge in [-0.1, -0.05) is 24.3 Å². The van der Waals surface area contributed by atoms with Crippen molar-refractivity contribution in [2.45, 2.75) is 6.42 Å². The minimum atomic E-state index is -0.471. The molecule has 0 aliphatic carbocycles. The lowest BCUT2D eigenvalue weighted by atomic mass is 10.1. The highest BCUT2D eigenvalue weighted by molar-refractivity contribution is 5.77. The molecule has 1 amide bonds. The fourth-order valence-corrected chi connectivity index (χ4v) is 2.06. The zero-order valence-electron chi connectivity index (χ0n) is 13.4. The van der Waals surface area contributed by atoms with E-state index in [0.717, 1.165) is 17.7 Å². The molecule has 0 atom stereocenters. The lowest BCUT2D eigenvalue weighted by Gasteiger charge is -2.13. The van der Waals surface area contributed by atoms with Crippen molar-refractivity contribution in [3.8, 4) is 5.75 Å². The average Bonchev–Trinajstić information content (AvgIpc) is 2.54. The van der Waals surface area contributed by atoms with Crippen LogP contribution < -0.4 is 15.0 Å². The van der Waals surface area contributed by atoms with E-state index in [1.807, 2.05) is 43.3 Å². The first-order valence-electron chi connectivity index (χ1n) is 7.46. The number of carbonyl (C=O) groups is 1. The van der Waals surface area contributed by atoms with Gasteiger partial charge in [-0.25, -0.2) is 4.39 Å². The Bertz CT molecular complexity index is 642. The Morgan fingerprint density at radius 2 is 1.83 bits per heavy atom. The topological polar surface area (TPSA) is 41.6 Å². The van der Waals surface area contributed by atoms with E-state index in [4.69, 9.17) is 4.74 Å². The quantitative estimate of drug-likeness (QED) is 0.854. The molecule has 0 unspecified atom stereocenters. The van der Waals surface area contributed by atoms with Gasteiger partial charge in [-0.05, 0) is 36.2 Å². The summed E-state index contributed by atoms with van der Waals surface area (Å²) in [5, 5.41) is 2.76. The van der Waals surface area contributed by atoms with Crippen molar-refractivity contribution in [2.24, 2.45) is 0 Å². The van der Waals surface area contributed by atoms with Gasteiger partial charge in [-0.3, -0.25) is 4.79 Å². The van der Waals surface area contributed by atoms with Crippen molar-refractivity contribution in [3.05, 3.63) is 59.9 Å². The minimum Gasteiger partial charge on any atom is -0.481 e. The molecule has 5 heteroatoms. The highest BCUT2D eigenvalue weighted by atomic mass is 19.1. The summed E-state index contributed by atoms with van der Waals surface area (Å²) >= 11 is 0.